The standard InChI is InChI=1S/C18H21N3O/c1-14-4-6-15(7-5-14)12-18(22)20-19-13-16-8-10-17(11-9-16)21(2)3/h4-11,13H,12H2,1-3H3,(H,20,22)/b19-13+. The van der Waals surface area contributed by atoms with E-state index in [2.05, 4.69) is 10.5 Å². The summed E-state index contributed by atoms with van der Waals surface area (Å²) in [7, 11) is 3.99. The van der Waals surface area contributed by atoms with E-state index < -0.39 is 0 Å². The molecule has 22 heavy (non-hydrogen) atoms. The van der Waals surface area contributed by atoms with Crippen LogP contribution in [0.25, 0.3) is 0 Å². The van der Waals surface area contributed by atoms with Crippen LogP contribution in [0, 0.1) is 6.92 Å². The van der Waals surface area contributed by atoms with E-state index in [9.17, 15) is 4.79 Å². The zero-order valence-electron chi connectivity index (χ0n) is 13.2. The predicted octanol–water partition coefficient (Wildman–Crippen LogP) is 2.75. The quantitative estimate of drug-likeness (QED) is 0.681. The molecule has 0 bridgehead atoms. The molecule has 0 fully saturated rings. The van der Waals surface area contributed by atoms with Gasteiger partial charge in [-0.25, -0.2) is 5.43 Å². The second kappa shape index (κ2) is 7.41. The third-order valence-electron chi connectivity index (χ3n) is 3.30. The smallest absolute Gasteiger partial charge is 0.244 e. The zero-order valence-corrected chi connectivity index (χ0v) is 13.2. The summed E-state index contributed by atoms with van der Waals surface area (Å²) in [6.07, 6.45) is 1.98. The molecule has 2 rings (SSSR count). The molecule has 114 valence electrons. The Hall–Kier alpha value is -2.62. The number of hydrogen-bond donors (Lipinski definition) is 1. The average molecular weight is 295 g/mol. The van der Waals surface area contributed by atoms with Gasteiger partial charge in [-0.15, -0.1) is 0 Å². The highest BCUT2D eigenvalue weighted by atomic mass is 16.2. The van der Waals surface area contributed by atoms with Crippen molar-refractivity contribution < 1.29 is 4.79 Å². The summed E-state index contributed by atoms with van der Waals surface area (Å²) in [5, 5.41) is 3.99. The predicted molar refractivity (Wildman–Crippen MR) is 91.4 cm³/mol. The fourth-order valence-corrected chi connectivity index (χ4v) is 1.97. The van der Waals surface area contributed by atoms with Crippen LogP contribution >= 0.6 is 0 Å². The van der Waals surface area contributed by atoms with Gasteiger partial charge in [-0.05, 0) is 30.2 Å². The first-order chi connectivity index (χ1) is 10.5. The maximum Gasteiger partial charge on any atom is 0.244 e. The second-order valence-electron chi connectivity index (χ2n) is 5.44. The van der Waals surface area contributed by atoms with Gasteiger partial charge >= 0.3 is 0 Å². The largest absolute Gasteiger partial charge is 0.378 e. The number of aryl methyl sites for hydroxylation is 1. The summed E-state index contributed by atoms with van der Waals surface area (Å²) in [4.78, 5) is 13.8. The fraction of sp³-hybridized carbons (Fsp3) is 0.222. The van der Waals surface area contributed by atoms with Crippen LogP contribution in [0.15, 0.2) is 53.6 Å². The third kappa shape index (κ3) is 4.74. The second-order valence-corrected chi connectivity index (χ2v) is 5.44. The van der Waals surface area contributed by atoms with Crippen LogP contribution in [-0.2, 0) is 11.2 Å². The van der Waals surface area contributed by atoms with Crippen LogP contribution < -0.4 is 10.3 Å². The first kappa shape index (κ1) is 15.8. The van der Waals surface area contributed by atoms with E-state index in [4.69, 9.17) is 0 Å². The number of nitrogens with one attached hydrogen (secondary N) is 1. The van der Waals surface area contributed by atoms with Crippen LogP contribution in [0.3, 0.4) is 0 Å². The molecule has 4 heteroatoms. The molecule has 0 aliphatic rings. The van der Waals surface area contributed by atoms with Gasteiger partial charge in [0.15, 0.2) is 0 Å². The van der Waals surface area contributed by atoms with Crippen molar-refractivity contribution in [3.8, 4) is 0 Å². The molecular formula is C18H21N3O. The summed E-state index contributed by atoms with van der Waals surface area (Å²) < 4.78 is 0. The van der Waals surface area contributed by atoms with Gasteiger partial charge in [0.2, 0.25) is 5.91 Å². The van der Waals surface area contributed by atoms with E-state index in [0.717, 1.165) is 16.8 Å². The minimum absolute atomic E-state index is 0.120. The van der Waals surface area contributed by atoms with E-state index in [1.807, 2.05) is 74.4 Å². The number of carbonyl (C=O) groups is 1. The van der Waals surface area contributed by atoms with E-state index in [0.29, 0.717) is 6.42 Å². The lowest BCUT2D eigenvalue weighted by Gasteiger charge is -2.11. The number of benzene rings is 2. The molecule has 0 aliphatic carbocycles. The fourth-order valence-electron chi connectivity index (χ4n) is 1.97. The lowest BCUT2D eigenvalue weighted by atomic mass is 10.1. The highest BCUT2D eigenvalue weighted by molar-refractivity contribution is 5.83. The molecule has 0 unspecified atom stereocenters. The van der Waals surface area contributed by atoms with Crippen molar-refractivity contribution in [1.29, 1.82) is 0 Å². The minimum atomic E-state index is -0.120. The Morgan fingerprint density at radius 3 is 2.32 bits per heavy atom. The Balaban J connectivity index is 1.86. The van der Waals surface area contributed by atoms with Crippen LogP contribution in [0.4, 0.5) is 5.69 Å². The molecule has 1 N–H and O–H groups in total. The van der Waals surface area contributed by atoms with Gasteiger partial charge in [0.1, 0.15) is 0 Å². The molecule has 0 radical (unpaired) electrons. The SMILES string of the molecule is Cc1ccc(CC(=O)N/N=C/c2ccc(N(C)C)cc2)cc1. The van der Waals surface area contributed by atoms with E-state index >= 15 is 0 Å². The topological polar surface area (TPSA) is 44.7 Å². The first-order valence-corrected chi connectivity index (χ1v) is 7.19. The third-order valence-corrected chi connectivity index (χ3v) is 3.30. The molecule has 0 heterocycles. The van der Waals surface area contributed by atoms with Crippen LogP contribution in [0.2, 0.25) is 0 Å². The normalized spacial score (nSPS) is 10.7. The maximum absolute atomic E-state index is 11.8. The highest BCUT2D eigenvalue weighted by Gasteiger charge is 2.01. The lowest BCUT2D eigenvalue weighted by molar-refractivity contribution is -0.120. The Kier molecular flexibility index (Phi) is 5.31. The summed E-state index contributed by atoms with van der Waals surface area (Å²) in [5.74, 6) is -0.120. The molecule has 1 amide bonds. The number of anilines is 1. The van der Waals surface area contributed by atoms with Gasteiger partial charge in [-0.1, -0.05) is 42.0 Å². The van der Waals surface area contributed by atoms with Crippen molar-refractivity contribution in [2.45, 2.75) is 13.3 Å². The molecule has 2 aromatic rings. The highest BCUT2D eigenvalue weighted by Crippen LogP contribution is 2.10. The van der Waals surface area contributed by atoms with Gasteiger partial charge < -0.3 is 4.90 Å². The summed E-state index contributed by atoms with van der Waals surface area (Å²) in [6, 6.07) is 15.9. The molecule has 2 aromatic carbocycles. The van der Waals surface area contributed by atoms with E-state index in [1.54, 1.807) is 6.21 Å². The van der Waals surface area contributed by atoms with Gasteiger partial charge in [0, 0.05) is 19.8 Å². The number of carbonyl (C=O) groups excluding carboxylic acids is 1. The molecule has 0 aromatic heterocycles. The molecule has 0 aliphatic heterocycles. The number of rotatable bonds is 5. The molecule has 0 atom stereocenters. The van der Waals surface area contributed by atoms with Gasteiger partial charge in [0.05, 0.1) is 12.6 Å². The number of amides is 1. The Morgan fingerprint density at radius 2 is 1.73 bits per heavy atom. The number of nitrogens with zero attached hydrogens (tertiary/aromatic N) is 2. The zero-order chi connectivity index (χ0) is 15.9. The maximum atomic E-state index is 11.8. The Labute approximate surface area is 131 Å². The molecular weight excluding hydrogens is 274 g/mol. The monoisotopic (exact) mass is 295 g/mol. The lowest BCUT2D eigenvalue weighted by Crippen LogP contribution is -2.19. The van der Waals surface area contributed by atoms with Crippen molar-refractivity contribution in [2.24, 2.45) is 5.10 Å². The van der Waals surface area contributed by atoms with Gasteiger partial charge in [-0.3, -0.25) is 4.79 Å². The number of hydrazone groups is 1. The average Bonchev–Trinajstić information content (AvgIpc) is 2.50. The van der Waals surface area contributed by atoms with Crippen molar-refractivity contribution in [3.63, 3.8) is 0 Å². The molecule has 0 saturated heterocycles. The van der Waals surface area contributed by atoms with Crippen LogP contribution in [0.1, 0.15) is 16.7 Å². The van der Waals surface area contributed by atoms with Crippen LogP contribution in [0.5, 0.6) is 0 Å². The Bertz CT molecular complexity index is 643. The van der Waals surface area contributed by atoms with Crippen molar-refractivity contribution in [1.82, 2.24) is 5.43 Å². The Morgan fingerprint density at radius 1 is 1.09 bits per heavy atom. The van der Waals surface area contributed by atoms with Gasteiger partial charge in [0.25, 0.3) is 0 Å². The van der Waals surface area contributed by atoms with Crippen LogP contribution in [-0.4, -0.2) is 26.2 Å². The van der Waals surface area contributed by atoms with Crippen molar-refractivity contribution in [2.75, 3.05) is 19.0 Å². The van der Waals surface area contributed by atoms with E-state index in [1.165, 1.54) is 5.56 Å². The summed E-state index contributed by atoms with van der Waals surface area (Å²) in [6.45, 7) is 2.02. The van der Waals surface area contributed by atoms with Gasteiger partial charge in [-0.2, -0.15) is 5.10 Å². The minimum Gasteiger partial charge on any atom is -0.378 e. The summed E-state index contributed by atoms with van der Waals surface area (Å²) >= 11 is 0. The van der Waals surface area contributed by atoms with Crippen molar-refractivity contribution >= 4 is 17.8 Å². The molecule has 0 spiro atoms. The van der Waals surface area contributed by atoms with Crippen molar-refractivity contribution in [3.05, 3.63) is 65.2 Å². The first-order valence-electron chi connectivity index (χ1n) is 7.19. The molecule has 4 nitrogen and oxygen atoms in total. The molecule has 0 saturated carbocycles. The number of hydrogen-bond acceptors (Lipinski definition) is 3. The summed E-state index contributed by atoms with van der Waals surface area (Å²) in [5.41, 5.74) is 6.79. The van der Waals surface area contributed by atoms with E-state index in [-0.39, 0.29) is 5.91 Å².